The van der Waals surface area contributed by atoms with Gasteiger partial charge in [0.2, 0.25) is 0 Å². The standard InChI is InChI=1S/C16H20N4OS2/c1-10-17-13(9-22-10)14-6-3-7-20(14)16(21)19-15-18-12(8-23-15)11-4-2-5-11/h8-9,11,14H,2-7H2,1H3,(H,18,19,21)/t14-/m1/s1. The van der Waals surface area contributed by atoms with Crippen LogP contribution in [0.25, 0.3) is 0 Å². The van der Waals surface area contributed by atoms with Crippen molar-refractivity contribution >= 4 is 33.8 Å². The van der Waals surface area contributed by atoms with Crippen LogP contribution >= 0.6 is 22.7 Å². The van der Waals surface area contributed by atoms with Crippen LogP contribution in [0.1, 0.15) is 60.5 Å². The molecule has 122 valence electrons. The molecule has 1 atom stereocenters. The molecular formula is C16H20N4OS2. The molecule has 4 rings (SSSR count). The highest BCUT2D eigenvalue weighted by Crippen LogP contribution is 2.38. The van der Waals surface area contributed by atoms with Gasteiger partial charge >= 0.3 is 6.03 Å². The maximum absolute atomic E-state index is 12.6. The Morgan fingerprint density at radius 3 is 2.70 bits per heavy atom. The second-order valence-corrected chi connectivity index (χ2v) is 8.20. The van der Waals surface area contributed by atoms with E-state index in [1.807, 2.05) is 11.8 Å². The average Bonchev–Trinajstić information content (AvgIpc) is 3.16. The van der Waals surface area contributed by atoms with Gasteiger partial charge in [0, 0.05) is 23.2 Å². The predicted molar refractivity (Wildman–Crippen MR) is 93.3 cm³/mol. The van der Waals surface area contributed by atoms with Crippen LogP contribution in [-0.2, 0) is 0 Å². The van der Waals surface area contributed by atoms with Crippen molar-refractivity contribution in [2.24, 2.45) is 0 Å². The number of likely N-dealkylation sites (tertiary alicyclic amines) is 1. The number of aromatic nitrogens is 2. The van der Waals surface area contributed by atoms with Crippen LogP contribution in [0, 0.1) is 6.92 Å². The zero-order valence-electron chi connectivity index (χ0n) is 13.1. The van der Waals surface area contributed by atoms with Gasteiger partial charge in [0.25, 0.3) is 0 Å². The van der Waals surface area contributed by atoms with Gasteiger partial charge in [-0.1, -0.05) is 6.42 Å². The Bertz CT molecular complexity index is 707. The number of hydrogen-bond acceptors (Lipinski definition) is 5. The lowest BCUT2D eigenvalue weighted by molar-refractivity contribution is 0.206. The number of nitrogens with one attached hydrogen (secondary N) is 1. The number of urea groups is 1. The summed E-state index contributed by atoms with van der Waals surface area (Å²) in [6.45, 7) is 2.79. The van der Waals surface area contributed by atoms with E-state index in [4.69, 9.17) is 0 Å². The van der Waals surface area contributed by atoms with Gasteiger partial charge < -0.3 is 4.90 Å². The first-order chi connectivity index (χ1) is 11.2. The van der Waals surface area contributed by atoms with E-state index in [1.54, 1.807) is 11.3 Å². The molecule has 1 aliphatic heterocycles. The molecule has 23 heavy (non-hydrogen) atoms. The number of carbonyl (C=O) groups excluding carboxylic acids is 1. The molecule has 2 aromatic rings. The van der Waals surface area contributed by atoms with E-state index in [-0.39, 0.29) is 12.1 Å². The van der Waals surface area contributed by atoms with Gasteiger partial charge in [0.1, 0.15) is 0 Å². The summed E-state index contributed by atoms with van der Waals surface area (Å²) >= 11 is 3.18. The lowest BCUT2D eigenvalue weighted by Crippen LogP contribution is -2.34. The van der Waals surface area contributed by atoms with E-state index in [9.17, 15) is 4.79 Å². The van der Waals surface area contributed by atoms with Gasteiger partial charge in [-0.15, -0.1) is 22.7 Å². The number of carbonyl (C=O) groups is 1. The Labute approximate surface area is 143 Å². The van der Waals surface area contributed by atoms with Crippen molar-refractivity contribution < 1.29 is 4.79 Å². The number of anilines is 1. The fourth-order valence-electron chi connectivity index (χ4n) is 3.25. The maximum Gasteiger partial charge on any atom is 0.324 e. The van der Waals surface area contributed by atoms with Crippen molar-refractivity contribution in [3.63, 3.8) is 0 Å². The summed E-state index contributed by atoms with van der Waals surface area (Å²) in [5, 5.41) is 8.92. The van der Waals surface area contributed by atoms with E-state index in [2.05, 4.69) is 26.0 Å². The molecule has 1 N–H and O–H groups in total. The Hall–Kier alpha value is -1.47. The van der Waals surface area contributed by atoms with E-state index >= 15 is 0 Å². The molecule has 2 aromatic heterocycles. The maximum atomic E-state index is 12.6. The van der Waals surface area contributed by atoms with Crippen LogP contribution in [0.15, 0.2) is 10.8 Å². The minimum Gasteiger partial charge on any atom is -0.316 e. The van der Waals surface area contributed by atoms with Crippen LogP contribution < -0.4 is 5.32 Å². The molecule has 5 nitrogen and oxygen atoms in total. The molecule has 1 saturated carbocycles. The third-order valence-corrected chi connectivity index (χ3v) is 6.32. The molecule has 0 unspecified atom stereocenters. The minimum absolute atomic E-state index is 0.0485. The van der Waals surface area contributed by atoms with E-state index in [0.717, 1.165) is 40.9 Å². The Morgan fingerprint density at radius 2 is 2.00 bits per heavy atom. The Kier molecular flexibility index (Phi) is 4.07. The number of thiazole rings is 2. The molecule has 3 heterocycles. The lowest BCUT2D eigenvalue weighted by Gasteiger charge is -2.24. The normalized spacial score (nSPS) is 21.4. The number of aryl methyl sites for hydroxylation is 1. The third-order valence-electron chi connectivity index (χ3n) is 4.75. The summed E-state index contributed by atoms with van der Waals surface area (Å²) in [7, 11) is 0. The molecule has 0 radical (unpaired) electrons. The first kappa shape index (κ1) is 15.1. The lowest BCUT2D eigenvalue weighted by atomic mass is 9.83. The van der Waals surface area contributed by atoms with Crippen LogP contribution in [0.3, 0.4) is 0 Å². The molecule has 1 aliphatic carbocycles. The highest BCUT2D eigenvalue weighted by atomic mass is 32.1. The van der Waals surface area contributed by atoms with Crippen LogP contribution in [0.2, 0.25) is 0 Å². The molecule has 7 heteroatoms. The van der Waals surface area contributed by atoms with Gasteiger partial charge in [-0.05, 0) is 32.6 Å². The summed E-state index contributed by atoms with van der Waals surface area (Å²) < 4.78 is 0. The molecule has 0 spiro atoms. The van der Waals surface area contributed by atoms with Crippen LogP contribution in [0.5, 0.6) is 0 Å². The van der Waals surface area contributed by atoms with Crippen LogP contribution in [0.4, 0.5) is 9.93 Å². The SMILES string of the molecule is Cc1nc([C@H]2CCCN2C(=O)Nc2nc(C3CCC3)cs2)cs1. The van der Waals surface area contributed by atoms with Gasteiger partial charge in [0.15, 0.2) is 5.13 Å². The largest absolute Gasteiger partial charge is 0.324 e. The molecule has 0 bridgehead atoms. The van der Waals surface area contributed by atoms with Crippen LogP contribution in [-0.4, -0.2) is 27.4 Å². The highest BCUT2D eigenvalue weighted by molar-refractivity contribution is 7.14. The summed E-state index contributed by atoms with van der Waals surface area (Å²) in [6.07, 6.45) is 5.77. The van der Waals surface area contributed by atoms with E-state index < -0.39 is 0 Å². The average molecular weight is 348 g/mol. The van der Waals surface area contributed by atoms with Gasteiger partial charge in [-0.3, -0.25) is 5.32 Å². The molecule has 2 fully saturated rings. The first-order valence-corrected chi connectivity index (χ1v) is 9.91. The monoisotopic (exact) mass is 348 g/mol. The first-order valence-electron chi connectivity index (χ1n) is 8.16. The van der Waals surface area contributed by atoms with Gasteiger partial charge in [-0.25, -0.2) is 14.8 Å². The summed E-state index contributed by atoms with van der Waals surface area (Å²) in [4.78, 5) is 23.7. The number of rotatable bonds is 3. The van der Waals surface area contributed by atoms with Crippen molar-refractivity contribution in [1.29, 1.82) is 0 Å². The molecule has 2 amide bonds. The number of hydrogen-bond donors (Lipinski definition) is 1. The molecule has 0 aromatic carbocycles. The summed E-state index contributed by atoms with van der Waals surface area (Å²) in [6, 6.07) is 0.0543. The third kappa shape index (κ3) is 2.99. The number of nitrogens with zero attached hydrogens (tertiary/aromatic N) is 3. The minimum atomic E-state index is -0.0485. The molecule has 2 aliphatic rings. The van der Waals surface area contributed by atoms with Gasteiger partial charge in [-0.2, -0.15) is 0 Å². The summed E-state index contributed by atoms with van der Waals surface area (Å²) in [5.41, 5.74) is 2.17. The second-order valence-electron chi connectivity index (χ2n) is 6.28. The topological polar surface area (TPSA) is 58.1 Å². The van der Waals surface area contributed by atoms with E-state index in [1.165, 1.54) is 30.6 Å². The fraction of sp³-hybridized carbons (Fsp3) is 0.562. The quantitative estimate of drug-likeness (QED) is 0.885. The zero-order valence-corrected chi connectivity index (χ0v) is 14.8. The van der Waals surface area contributed by atoms with Crippen molar-refractivity contribution in [1.82, 2.24) is 14.9 Å². The highest BCUT2D eigenvalue weighted by Gasteiger charge is 2.32. The van der Waals surface area contributed by atoms with Crippen molar-refractivity contribution in [3.05, 3.63) is 27.2 Å². The van der Waals surface area contributed by atoms with E-state index in [0.29, 0.717) is 5.92 Å². The predicted octanol–water partition coefficient (Wildman–Crippen LogP) is 4.54. The fourth-order valence-corrected chi connectivity index (χ4v) is 4.69. The van der Waals surface area contributed by atoms with Gasteiger partial charge in [0.05, 0.1) is 22.4 Å². The zero-order chi connectivity index (χ0) is 15.8. The Balaban J connectivity index is 1.44. The number of amides is 2. The molecule has 1 saturated heterocycles. The smallest absolute Gasteiger partial charge is 0.316 e. The Morgan fingerprint density at radius 1 is 1.17 bits per heavy atom. The second kappa shape index (κ2) is 6.20. The summed E-state index contributed by atoms with van der Waals surface area (Å²) in [5.74, 6) is 0.606. The van der Waals surface area contributed by atoms with Crippen molar-refractivity contribution in [3.8, 4) is 0 Å². The van der Waals surface area contributed by atoms with Crippen molar-refractivity contribution in [2.75, 3.05) is 11.9 Å². The molecular weight excluding hydrogens is 328 g/mol. The van der Waals surface area contributed by atoms with Crippen molar-refractivity contribution in [2.45, 2.75) is 51.0 Å².